The Morgan fingerprint density at radius 3 is 2.63 bits per heavy atom. The number of aromatic nitrogens is 1. The summed E-state index contributed by atoms with van der Waals surface area (Å²) in [5.41, 5.74) is 0. The van der Waals surface area contributed by atoms with Gasteiger partial charge in [0.05, 0.1) is 7.11 Å². The van der Waals surface area contributed by atoms with E-state index in [9.17, 15) is 4.79 Å². The first kappa shape index (κ1) is 15.3. The number of ether oxygens (including phenoxy) is 1. The molecule has 0 bridgehead atoms. The van der Waals surface area contributed by atoms with Crippen molar-refractivity contribution >= 4 is 17.6 Å². The molecule has 1 rings (SSSR count). The van der Waals surface area contributed by atoms with Gasteiger partial charge >= 0.3 is 5.97 Å². The highest BCUT2D eigenvalue weighted by Gasteiger charge is 2.23. The number of anilines is 2. The van der Waals surface area contributed by atoms with Gasteiger partial charge in [-0.05, 0) is 24.5 Å². The summed E-state index contributed by atoms with van der Waals surface area (Å²) >= 11 is 0. The molecule has 0 aliphatic rings. The van der Waals surface area contributed by atoms with Crippen molar-refractivity contribution in [2.45, 2.75) is 33.2 Å². The SMILES string of the molecule is CCCNc1cccc(NC(C(=O)OC)C(C)C)n1. The normalized spacial score (nSPS) is 12.1. The molecule has 0 aromatic carbocycles. The van der Waals surface area contributed by atoms with Crippen LogP contribution in [0.25, 0.3) is 0 Å². The molecule has 1 aromatic heterocycles. The Morgan fingerprint density at radius 1 is 1.37 bits per heavy atom. The van der Waals surface area contributed by atoms with Gasteiger partial charge in [-0.2, -0.15) is 0 Å². The standard InChI is InChI=1S/C14H23N3O2/c1-5-9-15-11-7-6-8-12(16-11)17-13(10(2)3)14(18)19-4/h6-8,10,13H,5,9H2,1-4H3,(H2,15,16,17). The largest absolute Gasteiger partial charge is 0.467 e. The molecule has 0 aliphatic carbocycles. The zero-order valence-corrected chi connectivity index (χ0v) is 12.1. The number of nitrogens with zero attached hydrogens (tertiary/aromatic N) is 1. The summed E-state index contributed by atoms with van der Waals surface area (Å²) in [7, 11) is 1.39. The molecule has 5 heteroatoms. The lowest BCUT2D eigenvalue weighted by atomic mass is 10.0. The number of hydrogen-bond acceptors (Lipinski definition) is 5. The van der Waals surface area contributed by atoms with E-state index in [1.54, 1.807) is 0 Å². The van der Waals surface area contributed by atoms with Crippen molar-refractivity contribution in [3.05, 3.63) is 18.2 Å². The molecule has 106 valence electrons. The summed E-state index contributed by atoms with van der Waals surface area (Å²) in [6.07, 6.45) is 1.04. The third kappa shape index (κ3) is 4.77. The lowest BCUT2D eigenvalue weighted by molar-refractivity contribution is -0.142. The smallest absolute Gasteiger partial charge is 0.328 e. The first-order valence-corrected chi connectivity index (χ1v) is 6.63. The predicted molar refractivity (Wildman–Crippen MR) is 77.3 cm³/mol. The molecule has 19 heavy (non-hydrogen) atoms. The summed E-state index contributed by atoms with van der Waals surface area (Å²) in [6, 6.07) is 5.26. The highest BCUT2D eigenvalue weighted by Crippen LogP contribution is 2.14. The van der Waals surface area contributed by atoms with Crippen LogP contribution in [-0.2, 0) is 9.53 Å². The van der Waals surface area contributed by atoms with Crippen LogP contribution in [-0.4, -0.2) is 30.6 Å². The van der Waals surface area contributed by atoms with E-state index >= 15 is 0 Å². The van der Waals surface area contributed by atoms with Gasteiger partial charge in [0.1, 0.15) is 17.7 Å². The molecule has 1 heterocycles. The minimum Gasteiger partial charge on any atom is -0.467 e. The molecular formula is C14H23N3O2. The monoisotopic (exact) mass is 265 g/mol. The van der Waals surface area contributed by atoms with Crippen LogP contribution in [0.4, 0.5) is 11.6 Å². The maximum absolute atomic E-state index is 11.7. The molecule has 0 saturated carbocycles. The molecule has 2 N–H and O–H groups in total. The van der Waals surface area contributed by atoms with Gasteiger partial charge < -0.3 is 15.4 Å². The van der Waals surface area contributed by atoms with Crippen LogP contribution in [0, 0.1) is 5.92 Å². The first-order chi connectivity index (χ1) is 9.08. The van der Waals surface area contributed by atoms with E-state index in [0.29, 0.717) is 5.82 Å². The number of esters is 1. The number of hydrogen-bond donors (Lipinski definition) is 2. The van der Waals surface area contributed by atoms with E-state index in [0.717, 1.165) is 18.8 Å². The van der Waals surface area contributed by atoms with Crippen molar-refractivity contribution < 1.29 is 9.53 Å². The Hall–Kier alpha value is -1.78. The molecule has 0 amide bonds. The van der Waals surface area contributed by atoms with Gasteiger partial charge in [0.25, 0.3) is 0 Å². The van der Waals surface area contributed by atoms with Crippen LogP contribution >= 0.6 is 0 Å². The summed E-state index contributed by atoms with van der Waals surface area (Å²) in [5, 5.41) is 6.33. The number of nitrogens with one attached hydrogen (secondary N) is 2. The zero-order chi connectivity index (χ0) is 14.3. The molecule has 1 aromatic rings. The molecule has 0 aliphatic heterocycles. The lowest BCUT2D eigenvalue weighted by Crippen LogP contribution is -2.35. The summed E-state index contributed by atoms with van der Waals surface area (Å²) in [4.78, 5) is 16.1. The van der Waals surface area contributed by atoms with Crippen LogP contribution in [0.1, 0.15) is 27.2 Å². The van der Waals surface area contributed by atoms with E-state index in [2.05, 4.69) is 22.5 Å². The highest BCUT2D eigenvalue weighted by molar-refractivity contribution is 5.79. The fourth-order valence-corrected chi connectivity index (χ4v) is 1.65. The van der Waals surface area contributed by atoms with Crippen molar-refractivity contribution in [1.29, 1.82) is 0 Å². The fourth-order valence-electron chi connectivity index (χ4n) is 1.65. The quantitative estimate of drug-likeness (QED) is 0.742. The topological polar surface area (TPSA) is 63.2 Å². The molecule has 0 saturated heterocycles. The molecule has 0 radical (unpaired) electrons. The van der Waals surface area contributed by atoms with Crippen molar-refractivity contribution in [1.82, 2.24) is 4.98 Å². The highest BCUT2D eigenvalue weighted by atomic mass is 16.5. The second-order valence-corrected chi connectivity index (χ2v) is 4.72. The number of methoxy groups -OCH3 is 1. The number of rotatable bonds is 7. The molecule has 0 fully saturated rings. The van der Waals surface area contributed by atoms with Gasteiger partial charge in [0.2, 0.25) is 0 Å². The summed E-state index contributed by atoms with van der Waals surface area (Å²) in [6.45, 7) is 6.91. The Balaban J connectivity index is 2.76. The third-order valence-electron chi connectivity index (χ3n) is 2.73. The van der Waals surface area contributed by atoms with Gasteiger partial charge in [-0.1, -0.05) is 26.8 Å². The van der Waals surface area contributed by atoms with Crippen LogP contribution in [0.3, 0.4) is 0 Å². The minimum absolute atomic E-state index is 0.126. The Labute approximate surface area is 114 Å². The average Bonchev–Trinajstić information content (AvgIpc) is 2.42. The Morgan fingerprint density at radius 2 is 2.05 bits per heavy atom. The molecule has 1 unspecified atom stereocenters. The van der Waals surface area contributed by atoms with Crippen LogP contribution < -0.4 is 10.6 Å². The molecule has 5 nitrogen and oxygen atoms in total. The minimum atomic E-state index is -0.390. The number of carbonyl (C=O) groups is 1. The second-order valence-electron chi connectivity index (χ2n) is 4.72. The lowest BCUT2D eigenvalue weighted by Gasteiger charge is -2.20. The van der Waals surface area contributed by atoms with Crippen molar-refractivity contribution in [3.63, 3.8) is 0 Å². The van der Waals surface area contributed by atoms with Gasteiger partial charge in [0, 0.05) is 6.54 Å². The Bertz CT molecular complexity index is 407. The average molecular weight is 265 g/mol. The first-order valence-electron chi connectivity index (χ1n) is 6.63. The third-order valence-corrected chi connectivity index (χ3v) is 2.73. The van der Waals surface area contributed by atoms with E-state index in [4.69, 9.17) is 4.74 Å². The van der Waals surface area contributed by atoms with E-state index in [1.807, 2.05) is 32.0 Å². The molecule has 1 atom stereocenters. The van der Waals surface area contributed by atoms with Gasteiger partial charge in [0.15, 0.2) is 0 Å². The zero-order valence-electron chi connectivity index (χ0n) is 12.1. The van der Waals surface area contributed by atoms with Crippen molar-refractivity contribution in [2.24, 2.45) is 5.92 Å². The summed E-state index contributed by atoms with van der Waals surface area (Å²) < 4.78 is 4.80. The van der Waals surface area contributed by atoms with E-state index in [1.165, 1.54) is 7.11 Å². The fraction of sp³-hybridized carbons (Fsp3) is 0.571. The number of carbonyl (C=O) groups excluding carboxylic acids is 1. The molecular weight excluding hydrogens is 242 g/mol. The van der Waals surface area contributed by atoms with Gasteiger partial charge in [-0.3, -0.25) is 0 Å². The van der Waals surface area contributed by atoms with Crippen molar-refractivity contribution in [3.8, 4) is 0 Å². The molecule has 0 spiro atoms. The van der Waals surface area contributed by atoms with Crippen LogP contribution in [0.15, 0.2) is 18.2 Å². The van der Waals surface area contributed by atoms with E-state index < -0.39 is 0 Å². The maximum atomic E-state index is 11.7. The second kappa shape index (κ2) is 7.61. The van der Waals surface area contributed by atoms with Crippen LogP contribution in [0.5, 0.6) is 0 Å². The van der Waals surface area contributed by atoms with Crippen LogP contribution in [0.2, 0.25) is 0 Å². The summed E-state index contributed by atoms with van der Waals surface area (Å²) in [5.74, 6) is 1.33. The van der Waals surface area contributed by atoms with Gasteiger partial charge in [-0.25, -0.2) is 9.78 Å². The maximum Gasteiger partial charge on any atom is 0.328 e. The van der Waals surface area contributed by atoms with E-state index in [-0.39, 0.29) is 17.9 Å². The number of pyridine rings is 1. The van der Waals surface area contributed by atoms with Gasteiger partial charge in [-0.15, -0.1) is 0 Å². The predicted octanol–water partition coefficient (Wildman–Crippen LogP) is 2.51. The van der Waals surface area contributed by atoms with Crippen molar-refractivity contribution in [2.75, 3.05) is 24.3 Å². The Kier molecular flexibility index (Phi) is 6.12.